The van der Waals surface area contributed by atoms with Crippen molar-refractivity contribution in [1.82, 2.24) is 10.2 Å². The average Bonchev–Trinajstić information content (AvgIpc) is 2.85. The van der Waals surface area contributed by atoms with Gasteiger partial charge in [-0.05, 0) is 107 Å². The van der Waals surface area contributed by atoms with Crippen molar-refractivity contribution < 1.29 is 13.9 Å². The smallest absolute Gasteiger partial charge is 0.146 e. The molecule has 6 heteroatoms. The summed E-state index contributed by atoms with van der Waals surface area (Å²) in [6, 6.07) is 5.68. The van der Waals surface area contributed by atoms with Crippen LogP contribution in [0.25, 0.3) is 0 Å². The fourth-order valence-electron chi connectivity index (χ4n) is 4.66. The van der Waals surface area contributed by atoms with Crippen LogP contribution >= 0.6 is 0 Å². The fourth-order valence-corrected chi connectivity index (χ4v) is 4.66. The normalized spacial score (nSPS) is 17.1. The van der Waals surface area contributed by atoms with E-state index in [4.69, 9.17) is 10.5 Å². The third-order valence-electron chi connectivity index (χ3n) is 7.07. The third kappa shape index (κ3) is 9.26. The molecule has 0 bridgehead atoms. The van der Waals surface area contributed by atoms with Crippen LogP contribution in [0.5, 0.6) is 5.75 Å². The Morgan fingerprint density at radius 2 is 1.91 bits per heavy atom. The number of rotatable bonds is 13. The number of carbonyl (C=O) groups is 1. The summed E-state index contributed by atoms with van der Waals surface area (Å²) in [5, 5.41) is 3.59. The number of halogens is 1. The Morgan fingerprint density at radius 3 is 2.69 bits per heavy atom. The minimum Gasteiger partial charge on any atom is -0.492 e. The Bertz CT molecular complexity index is 920. The molecule has 0 saturated heterocycles. The van der Waals surface area contributed by atoms with Crippen molar-refractivity contribution in [2.24, 2.45) is 5.73 Å². The standard InChI is InChI=1S/C29H42FN3O2/c1-22-8-15-29-25(7-5-17-32-29)10-9-24(22)6-3-4-18-33(19-16-28(31)23(2)34)20-21-35-27-13-11-26(30)12-14-27/h9-14,28,32H,3-8,15-21,31H2,1-2H3. The molecule has 5 nitrogen and oxygen atoms in total. The van der Waals surface area contributed by atoms with Crippen LogP contribution in [0, 0.1) is 5.82 Å². The van der Waals surface area contributed by atoms with Crippen LogP contribution in [0.4, 0.5) is 4.39 Å². The molecular formula is C29H42FN3O2. The summed E-state index contributed by atoms with van der Waals surface area (Å²) < 4.78 is 18.9. The molecule has 0 spiro atoms. The second-order valence-electron chi connectivity index (χ2n) is 9.78. The number of nitrogens with two attached hydrogens (primary N) is 1. The van der Waals surface area contributed by atoms with Crippen molar-refractivity contribution in [2.45, 2.75) is 71.3 Å². The van der Waals surface area contributed by atoms with Crippen LogP contribution < -0.4 is 15.8 Å². The Balaban J connectivity index is 1.48. The molecule has 1 aromatic carbocycles. The first-order chi connectivity index (χ1) is 16.9. The molecule has 35 heavy (non-hydrogen) atoms. The quantitative estimate of drug-likeness (QED) is 0.373. The number of nitrogens with zero attached hydrogens (tertiary/aromatic N) is 1. The van der Waals surface area contributed by atoms with Gasteiger partial charge in [-0.2, -0.15) is 0 Å². The molecule has 1 aliphatic carbocycles. The number of allylic oxidation sites excluding steroid dienone is 6. The van der Waals surface area contributed by atoms with Crippen molar-refractivity contribution in [2.75, 3.05) is 32.8 Å². The SMILES string of the molecule is CC(=O)C(N)CCN(CCCCC1=C(C)CCC2=C(C=C1)CCCN2)CCOc1ccc(F)cc1. The zero-order valence-corrected chi connectivity index (χ0v) is 21.5. The lowest BCUT2D eigenvalue weighted by atomic mass is 9.91. The number of hydrogen-bond donors (Lipinski definition) is 2. The van der Waals surface area contributed by atoms with Gasteiger partial charge in [0.2, 0.25) is 0 Å². The van der Waals surface area contributed by atoms with Crippen LogP contribution in [0.2, 0.25) is 0 Å². The number of hydrogen-bond acceptors (Lipinski definition) is 5. The van der Waals surface area contributed by atoms with Crippen LogP contribution in [0.1, 0.15) is 65.2 Å². The summed E-state index contributed by atoms with van der Waals surface area (Å²) in [5.74, 6) is 0.420. The molecule has 3 N–H and O–H groups in total. The van der Waals surface area contributed by atoms with Crippen molar-refractivity contribution in [3.8, 4) is 5.75 Å². The molecule has 2 aliphatic rings. The molecule has 0 amide bonds. The summed E-state index contributed by atoms with van der Waals surface area (Å²) in [4.78, 5) is 13.9. The number of ketones is 1. The lowest BCUT2D eigenvalue weighted by molar-refractivity contribution is -0.118. The first-order valence-electron chi connectivity index (χ1n) is 13.1. The maximum atomic E-state index is 13.1. The predicted octanol–water partition coefficient (Wildman–Crippen LogP) is 5.29. The van der Waals surface area contributed by atoms with E-state index in [2.05, 4.69) is 29.3 Å². The monoisotopic (exact) mass is 483 g/mol. The second-order valence-corrected chi connectivity index (χ2v) is 9.78. The van der Waals surface area contributed by atoms with Crippen molar-refractivity contribution in [1.29, 1.82) is 0 Å². The Labute approximate surface area is 210 Å². The van der Waals surface area contributed by atoms with E-state index >= 15 is 0 Å². The van der Waals surface area contributed by atoms with Crippen molar-refractivity contribution in [3.63, 3.8) is 0 Å². The van der Waals surface area contributed by atoms with Gasteiger partial charge in [-0.1, -0.05) is 17.7 Å². The van der Waals surface area contributed by atoms with Gasteiger partial charge >= 0.3 is 0 Å². The lowest BCUT2D eigenvalue weighted by Gasteiger charge is -2.24. The molecule has 0 aromatic heterocycles. The van der Waals surface area contributed by atoms with E-state index in [0.29, 0.717) is 18.8 Å². The molecule has 3 rings (SSSR count). The van der Waals surface area contributed by atoms with Gasteiger partial charge in [0.15, 0.2) is 0 Å². The number of ether oxygens (including phenoxy) is 1. The van der Waals surface area contributed by atoms with Gasteiger partial charge < -0.3 is 15.8 Å². The molecule has 1 heterocycles. The lowest BCUT2D eigenvalue weighted by Crippen LogP contribution is -2.36. The molecule has 0 saturated carbocycles. The van der Waals surface area contributed by atoms with E-state index in [0.717, 1.165) is 58.3 Å². The van der Waals surface area contributed by atoms with E-state index in [1.54, 1.807) is 19.1 Å². The van der Waals surface area contributed by atoms with Crippen LogP contribution in [-0.4, -0.2) is 49.5 Å². The van der Waals surface area contributed by atoms with Crippen molar-refractivity contribution >= 4 is 5.78 Å². The van der Waals surface area contributed by atoms with Gasteiger partial charge in [-0.25, -0.2) is 4.39 Å². The first kappa shape index (κ1) is 27.2. The molecule has 1 atom stereocenters. The van der Waals surface area contributed by atoms with Gasteiger partial charge in [0.05, 0.1) is 6.04 Å². The first-order valence-corrected chi connectivity index (χ1v) is 13.1. The summed E-state index contributed by atoms with van der Waals surface area (Å²) >= 11 is 0. The maximum Gasteiger partial charge on any atom is 0.146 e. The van der Waals surface area contributed by atoms with E-state index < -0.39 is 6.04 Å². The summed E-state index contributed by atoms with van der Waals surface area (Å²) in [6.07, 6.45) is 13.3. The molecule has 192 valence electrons. The van der Waals surface area contributed by atoms with E-state index in [1.165, 1.54) is 47.4 Å². The number of unbranched alkanes of at least 4 members (excludes halogenated alkanes) is 1. The molecule has 0 fully saturated rings. The third-order valence-corrected chi connectivity index (χ3v) is 7.07. The fraction of sp³-hybridized carbons (Fsp3) is 0.552. The zero-order chi connectivity index (χ0) is 25.0. The number of nitrogens with one attached hydrogen (secondary N) is 1. The zero-order valence-electron chi connectivity index (χ0n) is 21.5. The van der Waals surface area contributed by atoms with Gasteiger partial charge in [0.1, 0.15) is 24.0 Å². The predicted molar refractivity (Wildman–Crippen MR) is 141 cm³/mol. The average molecular weight is 484 g/mol. The van der Waals surface area contributed by atoms with Crippen LogP contribution in [0.15, 0.2) is 58.8 Å². The summed E-state index contributed by atoms with van der Waals surface area (Å²) in [5.41, 5.74) is 11.9. The largest absolute Gasteiger partial charge is 0.492 e. The molecular weight excluding hydrogens is 441 g/mol. The Hall–Kier alpha value is -2.44. The highest BCUT2D eigenvalue weighted by Gasteiger charge is 2.14. The maximum absolute atomic E-state index is 13.1. The minimum absolute atomic E-state index is 0.0254. The van der Waals surface area contributed by atoms with Gasteiger partial charge in [-0.15, -0.1) is 0 Å². The van der Waals surface area contributed by atoms with Crippen LogP contribution in [-0.2, 0) is 4.79 Å². The van der Waals surface area contributed by atoms with Crippen LogP contribution in [0.3, 0.4) is 0 Å². The molecule has 1 aromatic rings. The number of carbonyl (C=O) groups excluding carboxylic acids is 1. The molecule has 0 radical (unpaired) electrons. The highest BCUT2D eigenvalue weighted by molar-refractivity contribution is 5.81. The van der Waals surface area contributed by atoms with E-state index in [1.807, 2.05) is 0 Å². The Morgan fingerprint density at radius 1 is 1.11 bits per heavy atom. The van der Waals surface area contributed by atoms with Crippen molar-refractivity contribution in [3.05, 3.63) is 64.7 Å². The highest BCUT2D eigenvalue weighted by atomic mass is 19.1. The highest BCUT2D eigenvalue weighted by Crippen LogP contribution is 2.27. The topological polar surface area (TPSA) is 67.6 Å². The number of Topliss-reactive ketones (excluding diaryl/α,β-unsaturated/α-hetero) is 1. The van der Waals surface area contributed by atoms with E-state index in [9.17, 15) is 9.18 Å². The second kappa shape index (κ2) is 14.2. The van der Waals surface area contributed by atoms with E-state index in [-0.39, 0.29) is 11.6 Å². The minimum atomic E-state index is -0.420. The summed E-state index contributed by atoms with van der Waals surface area (Å²) in [7, 11) is 0. The number of benzene rings is 1. The van der Waals surface area contributed by atoms with Gasteiger partial charge in [0.25, 0.3) is 0 Å². The summed E-state index contributed by atoms with van der Waals surface area (Å²) in [6.45, 7) is 7.88. The Kier molecular flexibility index (Phi) is 11.0. The van der Waals surface area contributed by atoms with Gasteiger partial charge in [0, 0.05) is 25.3 Å². The molecule has 1 unspecified atom stereocenters. The van der Waals surface area contributed by atoms with Gasteiger partial charge in [-0.3, -0.25) is 9.69 Å². The molecule has 1 aliphatic heterocycles.